The maximum atomic E-state index is 12.3. The molecule has 2 fully saturated rings. The van der Waals surface area contributed by atoms with Crippen molar-refractivity contribution in [2.75, 3.05) is 7.11 Å². The van der Waals surface area contributed by atoms with Gasteiger partial charge in [-0.2, -0.15) is 0 Å². The number of methoxy groups -OCH3 is 1. The summed E-state index contributed by atoms with van der Waals surface area (Å²) in [5, 5.41) is 3.13. The quantitative estimate of drug-likeness (QED) is 0.803. The Labute approximate surface area is 110 Å². The first-order valence-corrected chi connectivity index (χ1v) is 7.16. The third kappa shape index (κ3) is 3.04. The van der Waals surface area contributed by atoms with Crippen molar-refractivity contribution in [3.8, 4) is 0 Å². The fourth-order valence-corrected chi connectivity index (χ4v) is 3.41. The highest BCUT2D eigenvalue weighted by Crippen LogP contribution is 2.31. The Bertz CT molecular complexity index is 308. The summed E-state index contributed by atoms with van der Waals surface area (Å²) >= 11 is 0. The first-order valence-electron chi connectivity index (χ1n) is 7.16. The third-order valence-corrected chi connectivity index (χ3v) is 4.54. The molecule has 2 aliphatic rings. The smallest absolute Gasteiger partial charge is 0.240 e. The van der Waals surface area contributed by atoms with Crippen molar-refractivity contribution >= 4 is 5.91 Å². The second-order valence-electron chi connectivity index (χ2n) is 6.20. The zero-order chi connectivity index (χ0) is 13.2. The minimum atomic E-state index is -0.636. The van der Waals surface area contributed by atoms with Gasteiger partial charge in [-0.05, 0) is 38.0 Å². The first-order chi connectivity index (χ1) is 8.53. The second-order valence-corrected chi connectivity index (χ2v) is 6.20. The Morgan fingerprint density at radius 3 is 2.78 bits per heavy atom. The normalized spacial score (nSPS) is 40.7. The van der Waals surface area contributed by atoms with E-state index in [0.717, 1.165) is 38.5 Å². The summed E-state index contributed by atoms with van der Waals surface area (Å²) in [4.78, 5) is 12.3. The molecule has 0 radical (unpaired) electrons. The van der Waals surface area contributed by atoms with Crippen LogP contribution in [-0.2, 0) is 9.53 Å². The molecule has 0 aromatic heterocycles. The van der Waals surface area contributed by atoms with Gasteiger partial charge in [0.1, 0.15) is 0 Å². The van der Waals surface area contributed by atoms with Crippen LogP contribution in [0, 0.1) is 5.92 Å². The minimum Gasteiger partial charge on any atom is -0.381 e. The number of rotatable bonds is 3. The molecule has 1 amide bonds. The van der Waals surface area contributed by atoms with Crippen LogP contribution in [0.15, 0.2) is 0 Å². The molecule has 104 valence electrons. The topological polar surface area (TPSA) is 64.3 Å². The molecule has 0 aliphatic heterocycles. The van der Waals surface area contributed by atoms with E-state index in [9.17, 15) is 4.79 Å². The predicted octanol–water partition coefficient (Wildman–Crippen LogP) is 1.58. The van der Waals surface area contributed by atoms with E-state index in [2.05, 4.69) is 12.2 Å². The van der Waals surface area contributed by atoms with Gasteiger partial charge in [-0.1, -0.05) is 19.8 Å². The Hall–Kier alpha value is -0.610. The summed E-state index contributed by atoms with van der Waals surface area (Å²) in [6.45, 7) is 2.19. The molecule has 4 unspecified atom stereocenters. The molecule has 0 aromatic rings. The summed E-state index contributed by atoms with van der Waals surface area (Å²) in [5.41, 5.74) is 5.66. The number of hydrogen-bond donors (Lipinski definition) is 2. The standard InChI is InChI=1S/C14H26N2O2/c1-10-4-3-7-14(15,9-10)13(17)16-11-5-6-12(8-11)18-2/h10-12H,3-9,15H2,1-2H3,(H,16,17). The van der Waals surface area contributed by atoms with Gasteiger partial charge in [0.25, 0.3) is 0 Å². The van der Waals surface area contributed by atoms with Gasteiger partial charge in [0.15, 0.2) is 0 Å². The van der Waals surface area contributed by atoms with Crippen LogP contribution in [0.3, 0.4) is 0 Å². The molecular formula is C14H26N2O2. The zero-order valence-electron chi connectivity index (χ0n) is 11.6. The highest BCUT2D eigenvalue weighted by molar-refractivity contribution is 5.86. The predicted molar refractivity (Wildman–Crippen MR) is 71.1 cm³/mol. The molecule has 4 heteroatoms. The average Bonchev–Trinajstić information content (AvgIpc) is 2.76. The number of carbonyl (C=O) groups is 1. The van der Waals surface area contributed by atoms with Gasteiger partial charge < -0.3 is 15.8 Å². The lowest BCUT2D eigenvalue weighted by Gasteiger charge is -2.36. The van der Waals surface area contributed by atoms with Crippen LogP contribution < -0.4 is 11.1 Å². The maximum absolute atomic E-state index is 12.3. The number of nitrogens with one attached hydrogen (secondary N) is 1. The van der Waals surface area contributed by atoms with E-state index >= 15 is 0 Å². The summed E-state index contributed by atoms with van der Waals surface area (Å²) in [7, 11) is 1.74. The van der Waals surface area contributed by atoms with Crippen molar-refractivity contribution in [2.45, 2.75) is 69.6 Å². The van der Waals surface area contributed by atoms with Crippen LogP contribution in [0.4, 0.5) is 0 Å². The molecule has 0 heterocycles. The van der Waals surface area contributed by atoms with Crippen LogP contribution in [0.5, 0.6) is 0 Å². The molecule has 0 spiro atoms. The van der Waals surface area contributed by atoms with Crippen molar-refractivity contribution in [3.63, 3.8) is 0 Å². The van der Waals surface area contributed by atoms with Crippen LogP contribution in [0.1, 0.15) is 51.9 Å². The molecule has 0 bridgehead atoms. The molecule has 3 N–H and O–H groups in total. The van der Waals surface area contributed by atoms with E-state index in [0.29, 0.717) is 12.0 Å². The summed E-state index contributed by atoms with van der Waals surface area (Å²) < 4.78 is 5.33. The number of amides is 1. The highest BCUT2D eigenvalue weighted by atomic mass is 16.5. The largest absolute Gasteiger partial charge is 0.381 e. The van der Waals surface area contributed by atoms with E-state index in [1.807, 2.05) is 0 Å². The number of carbonyl (C=O) groups excluding carboxylic acids is 1. The van der Waals surface area contributed by atoms with Crippen molar-refractivity contribution in [3.05, 3.63) is 0 Å². The van der Waals surface area contributed by atoms with Crippen LogP contribution in [0.25, 0.3) is 0 Å². The van der Waals surface area contributed by atoms with Gasteiger partial charge in [0, 0.05) is 13.2 Å². The first kappa shape index (κ1) is 13.8. The summed E-state index contributed by atoms with van der Waals surface area (Å²) in [6.07, 6.45) is 7.18. The molecule has 2 rings (SSSR count). The van der Waals surface area contributed by atoms with Crippen molar-refractivity contribution in [1.29, 1.82) is 0 Å². The zero-order valence-corrected chi connectivity index (χ0v) is 11.6. The molecule has 4 atom stereocenters. The molecule has 18 heavy (non-hydrogen) atoms. The molecule has 2 aliphatic carbocycles. The molecule has 0 aromatic carbocycles. The van der Waals surface area contributed by atoms with Gasteiger partial charge >= 0.3 is 0 Å². The molecule has 0 saturated heterocycles. The second kappa shape index (κ2) is 5.57. The van der Waals surface area contributed by atoms with E-state index in [-0.39, 0.29) is 11.9 Å². The number of hydrogen-bond acceptors (Lipinski definition) is 3. The van der Waals surface area contributed by atoms with Crippen LogP contribution in [0.2, 0.25) is 0 Å². The van der Waals surface area contributed by atoms with Gasteiger partial charge in [-0.25, -0.2) is 0 Å². The fraction of sp³-hybridized carbons (Fsp3) is 0.929. The van der Waals surface area contributed by atoms with E-state index in [1.54, 1.807) is 7.11 Å². The van der Waals surface area contributed by atoms with E-state index < -0.39 is 5.54 Å². The SMILES string of the molecule is COC1CCC(NC(=O)C2(N)CCCC(C)C2)C1. The Kier molecular flexibility index (Phi) is 4.28. The lowest BCUT2D eigenvalue weighted by molar-refractivity contribution is -0.128. The van der Waals surface area contributed by atoms with Gasteiger partial charge in [0.05, 0.1) is 11.6 Å². The number of nitrogens with two attached hydrogens (primary N) is 1. The third-order valence-electron chi connectivity index (χ3n) is 4.54. The average molecular weight is 254 g/mol. The van der Waals surface area contributed by atoms with E-state index in [1.165, 1.54) is 6.42 Å². The van der Waals surface area contributed by atoms with Gasteiger partial charge in [0.2, 0.25) is 5.91 Å². The van der Waals surface area contributed by atoms with E-state index in [4.69, 9.17) is 10.5 Å². The van der Waals surface area contributed by atoms with Crippen molar-refractivity contribution in [2.24, 2.45) is 11.7 Å². The van der Waals surface area contributed by atoms with Crippen LogP contribution >= 0.6 is 0 Å². The molecule has 2 saturated carbocycles. The fourth-order valence-electron chi connectivity index (χ4n) is 3.41. The Balaban J connectivity index is 1.87. The van der Waals surface area contributed by atoms with Crippen molar-refractivity contribution < 1.29 is 9.53 Å². The Morgan fingerprint density at radius 1 is 1.39 bits per heavy atom. The molecule has 4 nitrogen and oxygen atoms in total. The monoisotopic (exact) mass is 254 g/mol. The van der Waals surface area contributed by atoms with Gasteiger partial charge in [-0.15, -0.1) is 0 Å². The lowest BCUT2D eigenvalue weighted by atomic mass is 9.76. The maximum Gasteiger partial charge on any atom is 0.240 e. The summed E-state index contributed by atoms with van der Waals surface area (Å²) in [5.74, 6) is 0.612. The van der Waals surface area contributed by atoms with Gasteiger partial charge in [-0.3, -0.25) is 4.79 Å². The minimum absolute atomic E-state index is 0.0517. The highest BCUT2D eigenvalue weighted by Gasteiger charge is 2.39. The van der Waals surface area contributed by atoms with Crippen molar-refractivity contribution in [1.82, 2.24) is 5.32 Å². The lowest BCUT2D eigenvalue weighted by Crippen LogP contribution is -2.57. The Morgan fingerprint density at radius 2 is 2.17 bits per heavy atom. The number of ether oxygens (including phenoxy) is 1. The molecular weight excluding hydrogens is 228 g/mol. The summed E-state index contributed by atoms with van der Waals surface area (Å²) in [6, 6.07) is 0.250. The van der Waals surface area contributed by atoms with Crippen LogP contribution in [-0.4, -0.2) is 30.7 Å².